The zero-order valence-corrected chi connectivity index (χ0v) is 11.9. The number of nitrogens with one attached hydrogen (secondary N) is 1. The van der Waals surface area contributed by atoms with Crippen molar-refractivity contribution in [2.45, 2.75) is 19.9 Å². The second-order valence-corrected chi connectivity index (χ2v) is 5.49. The minimum absolute atomic E-state index is 0.167. The van der Waals surface area contributed by atoms with Gasteiger partial charge < -0.3 is 11.1 Å². The number of rotatable bonds is 4. The topological polar surface area (TPSA) is 93.8 Å². The Morgan fingerprint density at radius 2 is 2.21 bits per heavy atom. The third kappa shape index (κ3) is 3.18. The van der Waals surface area contributed by atoms with Gasteiger partial charge >= 0.3 is 0 Å². The standard InChI is InChI=1S/C11H12ClN5OS/c1-5(2)15-7-3-8(12)14-4-6(7)10-16-17-11(19-10)9(13)18/h3-5H,1-2H3,(H2,13,18)(H,14,15). The van der Waals surface area contributed by atoms with Crippen molar-refractivity contribution >= 4 is 34.5 Å². The van der Waals surface area contributed by atoms with E-state index < -0.39 is 5.91 Å². The van der Waals surface area contributed by atoms with Crippen molar-refractivity contribution in [2.24, 2.45) is 5.73 Å². The molecular formula is C11H12ClN5OS. The van der Waals surface area contributed by atoms with Crippen LogP contribution in [0.4, 0.5) is 5.69 Å². The van der Waals surface area contributed by atoms with Crippen LogP contribution in [-0.4, -0.2) is 27.1 Å². The van der Waals surface area contributed by atoms with E-state index in [1.807, 2.05) is 13.8 Å². The Hall–Kier alpha value is -1.73. The number of nitrogens with two attached hydrogens (primary N) is 1. The molecule has 0 saturated carbocycles. The average Bonchev–Trinajstić information content (AvgIpc) is 2.77. The van der Waals surface area contributed by atoms with Gasteiger partial charge in [-0.1, -0.05) is 22.9 Å². The Morgan fingerprint density at radius 3 is 2.79 bits per heavy atom. The summed E-state index contributed by atoms with van der Waals surface area (Å²) in [7, 11) is 0. The molecular weight excluding hydrogens is 286 g/mol. The number of hydrogen-bond donors (Lipinski definition) is 2. The lowest BCUT2D eigenvalue weighted by molar-refractivity contribution is 0.0999. The molecule has 6 nitrogen and oxygen atoms in total. The summed E-state index contributed by atoms with van der Waals surface area (Å²) in [4.78, 5) is 15.1. The molecule has 2 aromatic rings. The van der Waals surface area contributed by atoms with E-state index in [-0.39, 0.29) is 11.0 Å². The molecule has 2 rings (SSSR count). The second kappa shape index (κ2) is 5.50. The monoisotopic (exact) mass is 297 g/mol. The van der Waals surface area contributed by atoms with Gasteiger partial charge in [0.2, 0.25) is 5.01 Å². The molecule has 0 spiro atoms. The van der Waals surface area contributed by atoms with E-state index in [1.54, 1.807) is 12.3 Å². The minimum atomic E-state index is -0.593. The van der Waals surface area contributed by atoms with E-state index in [1.165, 1.54) is 0 Å². The van der Waals surface area contributed by atoms with Gasteiger partial charge in [-0.25, -0.2) is 4.98 Å². The van der Waals surface area contributed by atoms with Gasteiger partial charge in [0, 0.05) is 17.9 Å². The van der Waals surface area contributed by atoms with Crippen molar-refractivity contribution < 1.29 is 4.79 Å². The molecule has 8 heteroatoms. The highest BCUT2D eigenvalue weighted by Gasteiger charge is 2.15. The van der Waals surface area contributed by atoms with E-state index >= 15 is 0 Å². The van der Waals surface area contributed by atoms with Crippen LogP contribution in [0.15, 0.2) is 12.3 Å². The van der Waals surface area contributed by atoms with Crippen molar-refractivity contribution in [2.75, 3.05) is 5.32 Å². The Morgan fingerprint density at radius 1 is 1.47 bits per heavy atom. The van der Waals surface area contributed by atoms with Gasteiger partial charge in [0.05, 0.1) is 5.56 Å². The summed E-state index contributed by atoms with van der Waals surface area (Å²) < 4.78 is 0. The van der Waals surface area contributed by atoms with Crippen molar-refractivity contribution in [1.82, 2.24) is 15.2 Å². The molecule has 19 heavy (non-hydrogen) atoms. The fourth-order valence-corrected chi connectivity index (χ4v) is 2.34. The molecule has 0 aliphatic rings. The van der Waals surface area contributed by atoms with Crippen LogP contribution in [0.2, 0.25) is 5.15 Å². The highest BCUT2D eigenvalue weighted by molar-refractivity contribution is 7.16. The SMILES string of the molecule is CC(C)Nc1cc(Cl)ncc1-c1nnc(C(N)=O)s1. The van der Waals surface area contributed by atoms with Crippen molar-refractivity contribution in [3.63, 3.8) is 0 Å². The van der Waals surface area contributed by atoms with E-state index in [0.29, 0.717) is 10.2 Å². The van der Waals surface area contributed by atoms with Gasteiger partial charge in [0.1, 0.15) is 5.15 Å². The zero-order valence-electron chi connectivity index (χ0n) is 10.3. The Bertz CT molecular complexity index is 613. The highest BCUT2D eigenvalue weighted by atomic mass is 35.5. The number of carbonyl (C=O) groups is 1. The number of nitrogens with zero attached hydrogens (tertiary/aromatic N) is 3. The number of anilines is 1. The molecule has 0 unspecified atom stereocenters. The summed E-state index contributed by atoms with van der Waals surface area (Å²) in [6, 6.07) is 1.93. The van der Waals surface area contributed by atoms with Crippen LogP contribution >= 0.6 is 22.9 Å². The quantitative estimate of drug-likeness (QED) is 0.844. The van der Waals surface area contributed by atoms with Gasteiger partial charge in [0.15, 0.2) is 5.01 Å². The molecule has 0 aliphatic heterocycles. The van der Waals surface area contributed by atoms with Crippen LogP contribution in [-0.2, 0) is 0 Å². The molecule has 0 saturated heterocycles. The summed E-state index contributed by atoms with van der Waals surface area (Å²) in [5, 5.41) is 12.1. The van der Waals surface area contributed by atoms with E-state index in [2.05, 4.69) is 20.5 Å². The average molecular weight is 298 g/mol. The number of hydrogen-bond acceptors (Lipinski definition) is 6. The fourth-order valence-electron chi connectivity index (χ4n) is 1.46. The third-order valence-corrected chi connectivity index (χ3v) is 3.36. The summed E-state index contributed by atoms with van der Waals surface area (Å²) in [5.74, 6) is -0.593. The van der Waals surface area contributed by atoms with Gasteiger partial charge in [-0.05, 0) is 19.9 Å². The van der Waals surface area contributed by atoms with E-state index in [4.69, 9.17) is 17.3 Å². The number of halogens is 1. The maximum Gasteiger partial charge on any atom is 0.279 e. The first-order valence-corrected chi connectivity index (χ1v) is 6.72. The third-order valence-electron chi connectivity index (χ3n) is 2.18. The first-order chi connectivity index (χ1) is 8.97. The van der Waals surface area contributed by atoms with Gasteiger partial charge in [0.25, 0.3) is 5.91 Å². The molecule has 0 atom stereocenters. The maximum absolute atomic E-state index is 11.0. The van der Waals surface area contributed by atoms with Crippen molar-refractivity contribution in [1.29, 1.82) is 0 Å². The molecule has 0 radical (unpaired) electrons. The van der Waals surface area contributed by atoms with Crippen LogP contribution in [0.3, 0.4) is 0 Å². The van der Waals surface area contributed by atoms with Crippen LogP contribution in [0.25, 0.3) is 10.6 Å². The lowest BCUT2D eigenvalue weighted by Gasteiger charge is -2.13. The minimum Gasteiger partial charge on any atom is -0.382 e. The van der Waals surface area contributed by atoms with E-state index in [9.17, 15) is 4.79 Å². The predicted octanol–water partition coefficient (Wildman–Crippen LogP) is 2.17. The lowest BCUT2D eigenvalue weighted by Crippen LogP contribution is -2.10. The molecule has 100 valence electrons. The smallest absolute Gasteiger partial charge is 0.279 e. The van der Waals surface area contributed by atoms with E-state index in [0.717, 1.165) is 22.6 Å². The molecule has 2 heterocycles. The number of pyridine rings is 1. The molecule has 1 amide bonds. The lowest BCUT2D eigenvalue weighted by atomic mass is 10.2. The molecule has 0 bridgehead atoms. The largest absolute Gasteiger partial charge is 0.382 e. The summed E-state index contributed by atoms with van der Waals surface area (Å²) >= 11 is 7.01. The first-order valence-electron chi connectivity index (χ1n) is 5.53. The Balaban J connectivity index is 2.45. The summed E-state index contributed by atoms with van der Waals surface area (Å²) in [5.41, 5.74) is 6.70. The Kier molecular flexibility index (Phi) is 3.96. The van der Waals surface area contributed by atoms with Crippen LogP contribution in [0, 0.1) is 0 Å². The second-order valence-electron chi connectivity index (χ2n) is 4.13. The predicted molar refractivity (Wildman–Crippen MR) is 75.4 cm³/mol. The number of aromatic nitrogens is 3. The van der Waals surface area contributed by atoms with Crippen molar-refractivity contribution in [3.8, 4) is 10.6 Å². The maximum atomic E-state index is 11.0. The van der Waals surface area contributed by atoms with Crippen molar-refractivity contribution in [3.05, 3.63) is 22.4 Å². The molecule has 0 aromatic carbocycles. The van der Waals surface area contributed by atoms with Crippen LogP contribution in [0.5, 0.6) is 0 Å². The summed E-state index contributed by atoms with van der Waals surface area (Å²) in [6.45, 7) is 4.01. The normalized spacial score (nSPS) is 10.7. The molecule has 2 aromatic heterocycles. The fraction of sp³-hybridized carbons (Fsp3) is 0.273. The number of primary amides is 1. The number of carbonyl (C=O) groups excluding carboxylic acids is 1. The van der Waals surface area contributed by atoms with Crippen LogP contribution < -0.4 is 11.1 Å². The summed E-state index contributed by atoms with van der Waals surface area (Å²) in [6.07, 6.45) is 1.60. The molecule has 0 aliphatic carbocycles. The zero-order chi connectivity index (χ0) is 14.0. The molecule has 0 fully saturated rings. The van der Waals surface area contributed by atoms with Gasteiger partial charge in [-0.3, -0.25) is 4.79 Å². The van der Waals surface area contributed by atoms with Gasteiger partial charge in [-0.15, -0.1) is 10.2 Å². The number of amides is 1. The van der Waals surface area contributed by atoms with Crippen LogP contribution in [0.1, 0.15) is 23.6 Å². The molecule has 3 N–H and O–H groups in total. The first kappa shape index (κ1) is 13.7. The highest BCUT2D eigenvalue weighted by Crippen LogP contribution is 2.31. The van der Waals surface area contributed by atoms with Gasteiger partial charge in [-0.2, -0.15) is 0 Å². The Labute approximate surface area is 119 Å².